The van der Waals surface area contributed by atoms with E-state index in [9.17, 15) is 13.2 Å². The maximum Gasteiger partial charge on any atom is 0.434 e. The van der Waals surface area contributed by atoms with E-state index in [1.807, 2.05) is 27.9 Å². The fourth-order valence-electron chi connectivity index (χ4n) is 2.09. The molecular formula is C16H28F3N5OS. The summed E-state index contributed by atoms with van der Waals surface area (Å²) in [6.07, 6.45) is -3.52. The Hall–Kier alpha value is -1.39. The van der Waals surface area contributed by atoms with Crippen molar-refractivity contribution in [3.8, 4) is 0 Å². The van der Waals surface area contributed by atoms with E-state index >= 15 is 0 Å². The summed E-state index contributed by atoms with van der Waals surface area (Å²) in [7, 11) is 4.01. The molecule has 0 saturated carbocycles. The Balaban J connectivity index is 2.62. The number of thiazole rings is 1. The molecule has 26 heavy (non-hydrogen) atoms. The molecule has 0 saturated heterocycles. The predicted molar refractivity (Wildman–Crippen MR) is 98.5 cm³/mol. The number of guanidine groups is 1. The van der Waals surface area contributed by atoms with Gasteiger partial charge in [0.05, 0.1) is 12.6 Å². The number of rotatable bonds is 10. The van der Waals surface area contributed by atoms with Crippen LogP contribution in [0.5, 0.6) is 0 Å². The third-order valence-corrected chi connectivity index (χ3v) is 4.19. The lowest BCUT2D eigenvalue weighted by Gasteiger charge is -2.21. The van der Waals surface area contributed by atoms with Gasteiger partial charge in [-0.1, -0.05) is 0 Å². The first-order chi connectivity index (χ1) is 12.3. The summed E-state index contributed by atoms with van der Waals surface area (Å²) in [5.41, 5.74) is -0.870. The lowest BCUT2D eigenvalue weighted by molar-refractivity contribution is -0.140. The Bertz CT molecular complexity index is 548. The summed E-state index contributed by atoms with van der Waals surface area (Å²) >= 11 is 0.956. The molecule has 0 amide bonds. The van der Waals surface area contributed by atoms with Crippen LogP contribution in [-0.2, 0) is 17.5 Å². The number of alkyl halides is 3. The van der Waals surface area contributed by atoms with Gasteiger partial charge in [0.15, 0.2) is 11.7 Å². The van der Waals surface area contributed by atoms with Gasteiger partial charge in [-0.15, -0.1) is 11.3 Å². The Kier molecular flexibility index (Phi) is 9.89. The van der Waals surface area contributed by atoms with E-state index in [0.717, 1.165) is 29.7 Å². The minimum atomic E-state index is -4.42. The molecule has 6 nitrogen and oxygen atoms in total. The summed E-state index contributed by atoms with van der Waals surface area (Å²) in [4.78, 5) is 9.99. The summed E-state index contributed by atoms with van der Waals surface area (Å²) in [6, 6.07) is 0. The summed E-state index contributed by atoms with van der Waals surface area (Å²) in [5.74, 6) is 0.533. The standard InChI is InChI=1S/C16H28F3N5OS/c1-5-20-15(21-9-12(25-6-2)7-8-24(3)4)22-10-14-23-13(11-26-14)16(17,18)19/h11-12H,5-10H2,1-4H3,(H2,20,21,22). The molecule has 0 radical (unpaired) electrons. The molecule has 150 valence electrons. The van der Waals surface area contributed by atoms with Gasteiger partial charge in [0.25, 0.3) is 0 Å². The van der Waals surface area contributed by atoms with Crippen molar-refractivity contribution in [2.75, 3.05) is 40.3 Å². The Morgan fingerprint density at radius 1 is 1.35 bits per heavy atom. The van der Waals surface area contributed by atoms with E-state index in [1.165, 1.54) is 0 Å². The fraction of sp³-hybridized carbons (Fsp3) is 0.750. The van der Waals surface area contributed by atoms with Crippen LogP contribution in [0.4, 0.5) is 13.2 Å². The van der Waals surface area contributed by atoms with Gasteiger partial charge in [-0.3, -0.25) is 0 Å². The van der Waals surface area contributed by atoms with Gasteiger partial charge in [0.2, 0.25) is 0 Å². The second-order valence-electron chi connectivity index (χ2n) is 5.87. The minimum Gasteiger partial charge on any atom is -0.377 e. The molecule has 1 heterocycles. The quantitative estimate of drug-likeness (QED) is 0.471. The van der Waals surface area contributed by atoms with Crippen LogP contribution in [0.3, 0.4) is 0 Å². The molecule has 1 rings (SSSR count). The number of halogens is 3. The summed E-state index contributed by atoms with van der Waals surface area (Å²) in [5, 5.41) is 7.60. The zero-order valence-electron chi connectivity index (χ0n) is 15.7. The summed E-state index contributed by atoms with van der Waals surface area (Å²) < 4.78 is 43.5. The van der Waals surface area contributed by atoms with Gasteiger partial charge in [-0.25, -0.2) is 9.98 Å². The molecule has 1 aromatic heterocycles. The van der Waals surface area contributed by atoms with Crippen molar-refractivity contribution >= 4 is 17.3 Å². The van der Waals surface area contributed by atoms with Crippen LogP contribution in [0.25, 0.3) is 0 Å². The normalized spacial score (nSPS) is 13.9. The molecule has 0 fully saturated rings. The molecule has 10 heteroatoms. The van der Waals surface area contributed by atoms with Gasteiger partial charge in [-0.05, 0) is 34.4 Å². The summed E-state index contributed by atoms with van der Waals surface area (Å²) in [6.45, 7) is 6.70. The van der Waals surface area contributed by atoms with Crippen molar-refractivity contribution in [1.29, 1.82) is 0 Å². The number of nitrogens with zero attached hydrogens (tertiary/aromatic N) is 3. The Morgan fingerprint density at radius 2 is 2.08 bits per heavy atom. The van der Waals surface area contributed by atoms with E-state index in [0.29, 0.717) is 30.7 Å². The molecule has 0 spiro atoms. The van der Waals surface area contributed by atoms with Crippen molar-refractivity contribution in [3.63, 3.8) is 0 Å². The third-order valence-electron chi connectivity index (χ3n) is 3.36. The smallest absolute Gasteiger partial charge is 0.377 e. The van der Waals surface area contributed by atoms with Crippen molar-refractivity contribution in [3.05, 3.63) is 16.1 Å². The molecule has 0 aliphatic heterocycles. The predicted octanol–water partition coefficient (Wildman–Crippen LogP) is 2.57. The maximum atomic E-state index is 12.6. The number of hydrogen-bond acceptors (Lipinski definition) is 5. The van der Waals surface area contributed by atoms with Crippen molar-refractivity contribution in [1.82, 2.24) is 20.5 Å². The zero-order chi connectivity index (χ0) is 19.6. The van der Waals surface area contributed by atoms with Crippen molar-refractivity contribution < 1.29 is 17.9 Å². The second kappa shape index (κ2) is 11.3. The largest absolute Gasteiger partial charge is 0.434 e. The molecule has 0 aromatic carbocycles. The molecule has 0 aliphatic rings. The first-order valence-electron chi connectivity index (χ1n) is 8.56. The number of nitrogens with one attached hydrogen (secondary N) is 2. The van der Waals surface area contributed by atoms with Gasteiger partial charge in [0, 0.05) is 31.6 Å². The van der Waals surface area contributed by atoms with Crippen LogP contribution in [0.1, 0.15) is 31.0 Å². The monoisotopic (exact) mass is 395 g/mol. The Labute approximate surface area is 156 Å². The van der Waals surface area contributed by atoms with Crippen molar-refractivity contribution in [2.45, 2.75) is 39.1 Å². The van der Waals surface area contributed by atoms with Crippen LogP contribution in [0.2, 0.25) is 0 Å². The van der Waals surface area contributed by atoms with E-state index in [2.05, 4.69) is 25.5 Å². The SMILES string of the molecule is CCNC(=NCc1nc(C(F)(F)F)cs1)NCC(CCN(C)C)OCC. The first kappa shape index (κ1) is 22.7. The highest BCUT2D eigenvalue weighted by Gasteiger charge is 2.33. The molecule has 0 aliphatic carbocycles. The van der Waals surface area contributed by atoms with Gasteiger partial charge in [-0.2, -0.15) is 13.2 Å². The van der Waals surface area contributed by atoms with Crippen LogP contribution in [0, 0.1) is 0 Å². The van der Waals surface area contributed by atoms with Gasteiger partial charge >= 0.3 is 6.18 Å². The van der Waals surface area contributed by atoms with E-state index in [4.69, 9.17) is 4.74 Å². The number of aliphatic imine (C=N–C) groups is 1. The van der Waals surface area contributed by atoms with E-state index in [1.54, 1.807) is 0 Å². The third kappa shape index (κ3) is 8.81. The zero-order valence-corrected chi connectivity index (χ0v) is 16.5. The molecule has 0 bridgehead atoms. The molecular weight excluding hydrogens is 367 g/mol. The molecule has 1 unspecified atom stereocenters. The van der Waals surface area contributed by atoms with Crippen LogP contribution >= 0.6 is 11.3 Å². The lowest BCUT2D eigenvalue weighted by Crippen LogP contribution is -2.42. The highest BCUT2D eigenvalue weighted by molar-refractivity contribution is 7.09. The average molecular weight is 395 g/mol. The Morgan fingerprint density at radius 3 is 2.62 bits per heavy atom. The average Bonchev–Trinajstić information content (AvgIpc) is 3.04. The van der Waals surface area contributed by atoms with Crippen LogP contribution in [0.15, 0.2) is 10.4 Å². The van der Waals surface area contributed by atoms with E-state index in [-0.39, 0.29) is 12.6 Å². The van der Waals surface area contributed by atoms with E-state index < -0.39 is 11.9 Å². The van der Waals surface area contributed by atoms with Crippen molar-refractivity contribution in [2.24, 2.45) is 4.99 Å². The highest BCUT2D eigenvalue weighted by atomic mass is 32.1. The highest BCUT2D eigenvalue weighted by Crippen LogP contribution is 2.30. The van der Waals surface area contributed by atoms with Gasteiger partial charge < -0.3 is 20.3 Å². The fourth-order valence-corrected chi connectivity index (χ4v) is 2.82. The van der Waals surface area contributed by atoms with Crippen LogP contribution < -0.4 is 10.6 Å². The molecule has 2 N–H and O–H groups in total. The number of ether oxygens (including phenoxy) is 1. The lowest BCUT2D eigenvalue weighted by atomic mass is 10.2. The van der Waals surface area contributed by atoms with Crippen LogP contribution in [-0.4, -0.2) is 62.3 Å². The maximum absolute atomic E-state index is 12.6. The molecule has 1 atom stereocenters. The topological polar surface area (TPSA) is 61.8 Å². The molecule has 1 aromatic rings. The first-order valence-corrected chi connectivity index (χ1v) is 9.44. The minimum absolute atomic E-state index is 0.0305. The van der Waals surface area contributed by atoms with Gasteiger partial charge in [0.1, 0.15) is 5.01 Å². The number of hydrogen-bond donors (Lipinski definition) is 2. The number of aromatic nitrogens is 1. The second-order valence-corrected chi connectivity index (χ2v) is 6.81.